The van der Waals surface area contributed by atoms with Crippen LogP contribution in [0, 0.1) is 11.8 Å². The first-order chi connectivity index (χ1) is 24.6. The molecule has 13 nitrogen and oxygen atoms in total. The predicted molar refractivity (Wildman–Crippen MR) is 188 cm³/mol. The van der Waals surface area contributed by atoms with Crippen LogP contribution in [0.1, 0.15) is 82.6 Å². The van der Waals surface area contributed by atoms with Gasteiger partial charge in [0.05, 0.1) is 18.4 Å². The zero-order chi connectivity index (χ0) is 35.8. The Morgan fingerprint density at radius 2 is 1.82 bits per heavy atom. The van der Waals surface area contributed by atoms with Crippen molar-refractivity contribution in [2.45, 2.75) is 112 Å². The summed E-state index contributed by atoms with van der Waals surface area (Å²) in [6.45, 7) is 4.05. The molecule has 0 radical (unpaired) electrons. The molecule has 3 saturated carbocycles. The summed E-state index contributed by atoms with van der Waals surface area (Å²) in [5.41, 5.74) is -0.400. The van der Waals surface area contributed by atoms with Gasteiger partial charge in [0.25, 0.3) is 5.91 Å². The molecule has 14 heteroatoms. The number of ether oxygens (including phenoxy) is 2. The monoisotopic (exact) mass is 721 g/mol. The van der Waals surface area contributed by atoms with Gasteiger partial charge in [0.2, 0.25) is 27.7 Å². The molecule has 0 spiro atoms. The Labute approximate surface area is 298 Å². The summed E-state index contributed by atoms with van der Waals surface area (Å²) in [4.78, 5) is 61.5. The van der Waals surface area contributed by atoms with Gasteiger partial charge in [0.15, 0.2) is 0 Å². The molecule has 2 aliphatic heterocycles. The van der Waals surface area contributed by atoms with Gasteiger partial charge >= 0.3 is 6.09 Å². The van der Waals surface area contributed by atoms with E-state index in [-0.39, 0.29) is 31.9 Å². The summed E-state index contributed by atoms with van der Waals surface area (Å²) in [5.74, 6) is -2.09. The summed E-state index contributed by atoms with van der Waals surface area (Å²) in [5, 5.41) is 6.85. The quantitative estimate of drug-likeness (QED) is 0.361. The number of hydrogen-bond acceptors (Lipinski definition) is 9. The zero-order valence-corrected chi connectivity index (χ0v) is 29.6. The van der Waals surface area contributed by atoms with Crippen LogP contribution in [-0.2, 0) is 35.6 Å². The molecular formula is C37H47N5O8S. The van der Waals surface area contributed by atoms with E-state index >= 15 is 0 Å². The number of hydrogen-bond donors (Lipinski definition) is 3. The first-order valence-electron chi connectivity index (χ1n) is 18.4. The highest BCUT2D eigenvalue weighted by atomic mass is 32.2. The van der Waals surface area contributed by atoms with Crippen molar-refractivity contribution in [3.05, 3.63) is 48.7 Å². The topological polar surface area (TPSA) is 173 Å². The van der Waals surface area contributed by atoms with Crippen molar-refractivity contribution in [3.8, 4) is 5.88 Å². The number of cyclic esters (lactones) is 1. The van der Waals surface area contributed by atoms with Crippen LogP contribution in [0.15, 0.2) is 43.1 Å². The van der Waals surface area contributed by atoms with E-state index < -0.39 is 68.7 Å². The van der Waals surface area contributed by atoms with Crippen LogP contribution in [0.4, 0.5) is 4.79 Å². The average Bonchev–Trinajstić information content (AvgIpc) is 4.05. The summed E-state index contributed by atoms with van der Waals surface area (Å²) in [6.07, 6.45) is 10.7. The fourth-order valence-electron chi connectivity index (χ4n) is 7.96. The van der Waals surface area contributed by atoms with Crippen LogP contribution in [-0.4, -0.2) is 84.2 Å². The maximum absolute atomic E-state index is 14.6. The number of aryl methyl sites for hydroxylation is 1. The molecular weight excluding hydrogens is 675 g/mol. The number of fused-ring (bicyclic) bond motifs is 3. The van der Waals surface area contributed by atoms with Gasteiger partial charge in [-0.15, -0.1) is 6.58 Å². The molecule has 5 aliphatic rings. The molecule has 4 bridgehead atoms. The van der Waals surface area contributed by atoms with E-state index in [2.05, 4.69) is 39.1 Å². The minimum atomic E-state index is -3.87. The third-order valence-corrected chi connectivity index (χ3v) is 13.0. The van der Waals surface area contributed by atoms with E-state index in [9.17, 15) is 27.6 Å². The molecule has 274 valence electrons. The fourth-order valence-corrected chi connectivity index (χ4v) is 9.32. The van der Waals surface area contributed by atoms with Gasteiger partial charge in [-0.1, -0.05) is 37.5 Å². The fraction of sp³-hybridized carbons (Fsp3) is 0.595. The molecule has 1 saturated heterocycles. The van der Waals surface area contributed by atoms with Crippen LogP contribution in [0.25, 0.3) is 10.8 Å². The maximum Gasteiger partial charge on any atom is 0.407 e. The first kappa shape index (κ1) is 35.2. The van der Waals surface area contributed by atoms with E-state index in [1.807, 2.05) is 12.1 Å². The van der Waals surface area contributed by atoms with Gasteiger partial charge in [-0.05, 0) is 86.8 Å². The zero-order valence-electron chi connectivity index (χ0n) is 28.8. The summed E-state index contributed by atoms with van der Waals surface area (Å²) in [7, 11) is -3.87. The number of aromatic nitrogens is 1. The van der Waals surface area contributed by atoms with E-state index in [0.717, 1.165) is 67.7 Å². The lowest BCUT2D eigenvalue weighted by atomic mass is 9.83. The molecule has 3 heterocycles. The Morgan fingerprint density at radius 3 is 2.57 bits per heavy atom. The largest absolute Gasteiger partial charge is 0.472 e. The molecule has 1 aromatic carbocycles. The number of pyridine rings is 1. The van der Waals surface area contributed by atoms with Crippen molar-refractivity contribution < 1.29 is 37.1 Å². The molecule has 2 aromatic rings. The molecule has 5 atom stereocenters. The van der Waals surface area contributed by atoms with Crippen molar-refractivity contribution in [1.29, 1.82) is 0 Å². The van der Waals surface area contributed by atoms with Crippen LogP contribution in [0.3, 0.4) is 0 Å². The van der Waals surface area contributed by atoms with Crippen molar-refractivity contribution in [3.63, 3.8) is 0 Å². The van der Waals surface area contributed by atoms with E-state index in [4.69, 9.17) is 9.47 Å². The number of benzene rings is 1. The molecule has 3 N–H and O–H groups in total. The van der Waals surface area contributed by atoms with E-state index in [1.54, 1.807) is 6.20 Å². The second-order valence-electron chi connectivity index (χ2n) is 14.8. The third kappa shape index (κ3) is 7.56. The average molecular weight is 722 g/mol. The predicted octanol–water partition coefficient (Wildman–Crippen LogP) is 3.65. The molecule has 4 fully saturated rings. The first-order valence-corrected chi connectivity index (χ1v) is 19.9. The lowest BCUT2D eigenvalue weighted by Gasteiger charge is -2.34. The highest BCUT2D eigenvalue weighted by Gasteiger charge is 2.62. The van der Waals surface area contributed by atoms with Gasteiger partial charge < -0.3 is 25.0 Å². The molecule has 1 aromatic heterocycles. The number of carbonyl (C=O) groups is 4. The number of carbonyl (C=O) groups excluding carboxylic acids is 4. The van der Waals surface area contributed by atoms with Crippen LogP contribution >= 0.6 is 0 Å². The number of alkyl carbamates (subject to hydrolysis) is 1. The number of sulfonamides is 1. The minimum Gasteiger partial charge on any atom is -0.472 e. The van der Waals surface area contributed by atoms with Gasteiger partial charge in [-0.2, -0.15) is 0 Å². The minimum absolute atomic E-state index is 0.0365. The van der Waals surface area contributed by atoms with Crippen molar-refractivity contribution in [2.75, 3.05) is 13.2 Å². The number of rotatable bonds is 7. The van der Waals surface area contributed by atoms with Crippen LogP contribution in [0.2, 0.25) is 0 Å². The van der Waals surface area contributed by atoms with Crippen molar-refractivity contribution in [2.24, 2.45) is 11.8 Å². The maximum atomic E-state index is 14.6. The SMILES string of the molecule is C=C[C@@H]1C[C@]1(NC(=O)[C@@H]1C[C@@H]2CN1C(=O)[C@H](C1CCCCC1)NC(=O)OCCCCCc1ccc3ccnc(c3c1)O2)C(=O)NS(=O)(=O)C1CC1. The molecule has 7 rings (SSSR count). The Morgan fingerprint density at radius 1 is 1.04 bits per heavy atom. The Hall–Kier alpha value is -4.20. The third-order valence-electron chi connectivity index (χ3n) is 11.2. The highest BCUT2D eigenvalue weighted by molar-refractivity contribution is 7.91. The van der Waals surface area contributed by atoms with Gasteiger partial charge in [0.1, 0.15) is 23.7 Å². The standard InChI is InChI=1S/C37H47N5O8S/c1-2-26-21-37(26,35(45)41-51(47,48)28-14-15-28)40-32(43)30-20-27-22-42(30)34(44)31(25-10-6-3-7-11-25)39-36(46)49-18-8-4-5-9-23-12-13-24-16-17-38-33(50-27)29(24)19-23/h2,12-13,16-17,19,25-28,30-31H,1,3-11,14-15,18,20-22H2,(H,39,46)(H,40,43)(H,41,45)/t26-,27-,30+,31+,37-/m1/s1. The normalized spacial score (nSPS) is 29.2. The second kappa shape index (κ2) is 14.4. The Balaban J connectivity index is 1.20. The summed E-state index contributed by atoms with van der Waals surface area (Å²) >= 11 is 0. The lowest BCUT2D eigenvalue weighted by molar-refractivity contribution is -0.142. The lowest BCUT2D eigenvalue weighted by Crippen LogP contribution is -2.59. The Bertz CT molecular complexity index is 1810. The molecule has 0 unspecified atom stereocenters. The second-order valence-corrected chi connectivity index (χ2v) is 16.8. The smallest absolute Gasteiger partial charge is 0.407 e. The van der Waals surface area contributed by atoms with Crippen molar-refractivity contribution in [1.82, 2.24) is 25.2 Å². The van der Waals surface area contributed by atoms with E-state index in [1.165, 1.54) is 11.0 Å². The molecule has 4 amide bonds. The van der Waals surface area contributed by atoms with Crippen LogP contribution < -0.4 is 20.1 Å². The Kier molecular flexibility index (Phi) is 9.97. The van der Waals surface area contributed by atoms with Gasteiger partial charge in [-0.3, -0.25) is 19.1 Å². The van der Waals surface area contributed by atoms with Crippen molar-refractivity contribution >= 4 is 44.6 Å². The van der Waals surface area contributed by atoms with Gasteiger partial charge in [-0.25, -0.2) is 18.2 Å². The molecule has 3 aliphatic carbocycles. The summed E-state index contributed by atoms with van der Waals surface area (Å²) in [6, 6.07) is 6.08. The summed E-state index contributed by atoms with van der Waals surface area (Å²) < 4.78 is 39.6. The number of nitrogens with one attached hydrogen (secondary N) is 3. The molecule has 51 heavy (non-hydrogen) atoms. The van der Waals surface area contributed by atoms with E-state index in [0.29, 0.717) is 25.1 Å². The number of nitrogens with zero attached hydrogens (tertiary/aromatic N) is 2. The van der Waals surface area contributed by atoms with Gasteiger partial charge in [0, 0.05) is 23.9 Å². The van der Waals surface area contributed by atoms with Crippen LogP contribution in [0.5, 0.6) is 5.88 Å². The number of amides is 4. The highest BCUT2D eigenvalue weighted by Crippen LogP contribution is 2.45.